The van der Waals surface area contributed by atoms with Crippen molar-refractivity contribution in [2.45, 2.75) is 63.7 Å². The Morgan fingerprint density at radius 3 is 2.71 bits per heavy atom. The molecule has 1 N–H and O–H groups in total. The largest absolute Gasteiger partial charge is 0.465 e. The highest BCUT2D eigenvalue weighted by Crippen LogP contribution is 2.39. The maximum Gasteiger partial charge on any atom is 0.249 e. The van der Waals surface area contributed by atoms with Crippen molar-refractivity contribution in [2.75, 3.05) is 19.6 Å². The quantitative estimate of drug-likeness (QED) is 0.900. The van der Waals surface area contributed by atoms with Crippen molar-refractivity contribution in [3.8, 4) is 0 Å². The van der Waals surface area contributed by atoms with Gasteiger partial charge >= 0.3 is 0 Å². The molecule has 1 saturated carbocycles. The van der Waals surface area contributed by atoms with Crippen molar-refractivity contribution < 1.29 is 13.9 Å². The van der Waals surface area contributed by atoms with E-state index in [9.17, 15) is 4.79 Å². The lowest BCUT2D eigenvalue weighted by atomic mass is 9.88. The number of hydrogen-bond donors (Lipinski definition) is 1. The van der Waals surface area contributed by atoms with Gasteiger partial charge in [0.25, 0.3) is 0 Å². The Hall–Kier alpha value is -1.33. The fourth-order valence-electron chi connectivity index (χ4n) is 3.96. The lowest BCUT2D eigenvalue weighted by molar-refractivity contribution is -0.141. The summed E-state index contributed by atoms with van der Waals surface area (Å²) in [6, 6.07) is 4.08. The molecule has 24 heavy (non-hydrogen) atoms. The molecule has 1 spiro atoms. The molecule has 1 aromatic rings. The number of piperidine rings is 1. The normalized spacial score (nSPS) is 26.8. The maximum absolute atomic E-state index is 12.3. The van der Waals surface area contributed by atoms with E-state index >= 15 is 0 Å². The molecule has 0 radical (unpaired) electrons. The van der Waals surface area contributed by atoms with Crippen LogP contribution in [0.25, 0.3) is 0 Å². The molecule has 1 aliphatic carbocycles. The first-order chi connectivity index (χ1) is 11.6. The average molecular weight is 332 g/mol. The lowest BCUT2D eigenvalue weighted by Gasteiger charge is -2.38. The molecule has 1 atom stereocenters. The summed E-state index contributed by atoms with van der Waals surface area (Å²) < 4.78 is 11.9. The van der Waals surface area contributed by atoms with Gasteiger partial charge in [-0.15, -0.1) is 0 Å². The molecule has 5 heteroatoms. The number of carbonyl (C=O) groups is 1. The minimum Gasteiger partial charge on any atom is -0.465 e. The van der Waals surface area contributed by atoms with E-state index in [0.717, 1.165) is 69.3 Å². The molecule has 132 valence electrons. The number of amides is 1. The van der Waals surface area contributed by atoms with Gasteiger partial charge in [-0.05, 0) is 63.5 Å². The minimum atomic E-state index is -0.233. The van der Waals surface area contributed by atoms with Gasteiger partial charge in [-0.3, -0.25) is 9.69 Å². The van der Waals surface area contributed by atoms with Crippen molar-refractivity contribution in [2.24, 2.45) is 5.92 Å². The molecule has 3 heterocycles. The lowest BCUT2D eigenvalue weighted by Crippen LogP contribution is -2.45. The first kappa shape index (κ1) is 16.2. The second kappa shape index (κ2) is 6.52. The van der Waals surface area contributed by atoms with Gasteiger partial charge in [0.2, 0.25) is 5.91 Å². The summed E-state index contributed by atoms with van der Waals surface area (Å²) in [4.78, 5) is 14.7. The zero-order chi connectivity index (χ0) is 16.6. The van der Waals surface area contributed by atoms with Crippen LogP contribution in [0.5, 0.6) is 0 Å². The summed E-state index contributed by atoms with van der Waals surface area (Å²) in [7, 11) is 0. The summed E-state index contributed by atoms with van der Waals surface area (Å²) in [6.07, 6.45) is 6.21. The highest BCUT2D eigenvalue weighted by atomic mass is 16.5. The van der Waals surface area contributed by atoms with Crippen LogP contribution >= 0.6 is 0 Å². The first-order valence-corrected chi connectivity index (χ1v) is 9.35. The van der Waals surface area contributed by atoms with Crippen molar-refractivity contribution in [1.29, 1.82) is 0 Å². The second-order valence-corrected chi connectivity index (χ2v) is 7.81. The van der Waals surface area contributed by atoms with Gasteiger partial charge in [-0.1, -0.05) is 0 Å². The summed E-state index contributed by atoms with van der Waals surface area (Å²) in [5.41, 5.74) is -0.0723. The molecular weight excluding hydrogens is 304 g/mol. The molecule has 5 nitrogen and oxygen atoms in total. The Morgan fingerprint density at radius 1 is 1.25 bits per heavy atom. The molecular formula is C19H28N2O3. The van der Waals surface area contributed by atoms with Crippen LogP contribution in [-0.4, -0.2) is 42.1 Å². The zero-order valence-corrected chi connectivity index (χ0v) is 14.6. The van der Waals surface area contributed by atoms with Crippen LogP contribution in [0.4, 0.5) is 0 Å². The third-order valence-corrected chi connectivity index (χ3v) is 5.75. The Morgan fingerprint density at radius 2 is 2.04 bits per heavy atom. The monoisotopic (exact) mass is 332 g/mol. The van der Waals surface area contributed by atoms with Gasteiger partial charge in [-0.25, -0.2) is 0 Å². The van der Waals surface area contributed by atoms with E-state index in [1.54, 1.807) is 0 Å². The third-order valence-electron chi connectivity index (χ3n) is 5.75. The summed E-state index contributed by atoms with van der Waals surface area (Å²) in [6.45, 7) is 5.71. The number of nitrogens with one attached hydrogen (secondary N) is 1. The van der Waals surface area contributed by atoms with Crippen LogP contribution in [0.2, 0.25) is 0 Å². The number of hydrogen-bond acceptors (Lipinski definition) is 4. The number of ether oxygens (including phenoxy) is 1. The van der Waals surface area contributed by atoms with Gasteiger partial charge in [0, 0.05) is 19.6 Å². The van der Waals surface area contributed by atoms with Gasteiger partial charge in [-0.2, -0.15) is 0 Å². The molecule has 1 amide bonds. The number of likely N-dealkylation sites (tertiary alicyclic amines) is 1. The van der Waals surface area contributed by atoms with Crippen LogP contribution in [0, 0.1) is 12.8 Å². The van der Waals surface area contributed by atoms with Crippen LogP contribution in [0.15, 0.2) is 16.5 Å². The number of furan rings is 1. The predicted octanol–water partition coefficient (Wildman–Crippen LogP) is 2.63. The van der Waals surface area contributed by atoms with E-state index in [1.165, 1.54) is 12.8 Å². The van der Waals surface area contributed by atoms with E-state index in [1.807, 2.05) is 13.0 Å². The Bertz CT molecular complexity index is 585. The molecule has 0 aromatic carbocycles. The Balaban J connectivity index is 1.25. The van der Waals surface area contributed by atoms with Crippen LogP contribution < -0.4 is 5.32 Å². The number of rotatable bonds is 5. The maximum atomic E-state index is 12.3. The Kier molecular flexibility index (Phi) is 4.39. The molecule has 3 fully saturated rings. The smallest absolute Gasteiger partial charge is 0.249 e. The van der Waals surface area contributed by atoms with Crippen LogP contribution in [-0.2, 0) is 16.1 Å². The summed E-state index contributed by atoms with van der Waals surface area (Å²) in [5.74, 6) is 2.83. The van der Waals surface area contributed by atoms with Crippen molar-refractivity contribution in [3.05, 3.63) is 23.7 Å². The zero-order valence-electron chi connectivity index (χ0n) is 14.6. The highest BCUT2D eigenvalue weighted by Gasteiger charge is 2.44. The molecule has 2 saturated heterocycles. The molecule has 2 aliphatic heterocycles. The molecule has 0 bridgehead atoms. The fraction of sp³-hybridized carbons (Fsp3) is 0.737. The van der Waals surface area contributed by atoms with Gasteiger partial charge in [0.1, 0.15) is 17.6 Å². The minimum absolute atomic E-state index is 0.0723. The average Bonchev–Trinajstić information content (AvgIpc) is 3.19. The standard InChI is InChI=1S/C19H28N2O3/c1-14-2-5-16(23-14)13-21-10-8-19(9-11-21)7-6-17(24-19)18(22)20-12-15-3-4-15/h2,5,15,17H,3-4,6-13H2,1H3,(H,20,22). The molecule has 3 aliphatic rings. The van der Waals surface area contributed by atoms with Crippen molar-refractivity contribution in [1.82, 2.24) is 10.2 Å². The van der Waals surface area contributed by atoms with Gasteiger partial charge in [0.15, 0.2) is 0 Å². The summed E-state index contributed by atoms with van der Waals surface area (Å²) >= 11 is 0. The van der Waals surface area contributed by atoms with Gasteiger partial charge in [0.05, 0.1) is 12.1 Å². The van der Waals surface area contributed by atoms with Crippen LogP contribution in [0.3, 0.4) is 0 Å². The summed E-state index contributed by atoms with van der Waals surface area (Å²) in [5, 5.41) is 3.07. The molecule has 1 aromatic heterocycles. The third kappa shape index (κ3) is 3.67. The SMILES string of the molecule is Cc1ccc(CN2CCC3(CCC(C(=O)NCC4CC4)O3)CC2)o1. The first-order valence-electron chi connectivity index (χ1n) is 9.35. The van der Waals surface area contributed by atoms with Crippen molar-refractivity contribution >= 4 is 5.91 Å². The van der Waals surface area contributed by atoms with E-state index < -0.39 is 0 Å². The van der Waals surface area contributed by atoms with Gasteiger partial charge < -0.3 is 14.5 Å². The number of nitrogens with zero attached hydrogens (tertiary/aromatic N) is 1. The van der Waals surface area contributed by atoms with E-state index in [4.69, 9.17) is 9.15 Å². The topological polar surface area (TPSA) is 54.7 Å². The van der Waals surface area contributed by atoms with E-state index in [0.29, 0.717) is 0 Å². The van der Waals surface area contributed by atoms with E-state index in [2.05, 4.69) is 16.3 Å². The fourth-order valence-corrected chi connectivity index (χ4v) is 3.96. The molecule has 1 unspecified atom stereocenters. The van der Waals surface area contributed by atoms with Crippen molar-refractivity contribution in [3.63, 3.8) is 0 Å². The second-order valence-electron chi connectivity index (χ2n) is 7.81. The number of carbonyl (C=O) groups excluding carboxylic acids is 1. The molecule has 4 rings (SSSR count). The Labute approximate surface area is 143 Å². The van der Waals surface area contributed by atoms with E-state index in [-0.39, 0.29) is 17.6 Å². The highest BCUT2D eigenvalue weighted by molar-refractivity contribution is 5.81. The van der Waals surface area contributed by atoms with Crippen LogP contribution in [0.1, 0.15) is 50.0 Å². The number of aryl methyl sites for hydroxylation is 1. The predicted molar refractivity (Wildman–Crippen MR) is 90.5 cm³/mol.